The van der Waals surface area contributed by atoms with Crippen LogP contribution in [0.25, 0.3) is 0 Å². The minimum Gasteiger partial charge on any atom is -0.480 e. The van der Waals surface area contributed by atoms with Crippen LogP contribution in [0.2, 0.25) is 0 Å². The van der Waals surface area contributed by atoms with Gasteiger partial charge in [-0.3, -0.25) is 9.69 Å². The molecule has 0 fully saturated rings. The molecule has 19 heavy (non-hydrogen) atoms. The smallest absolute Gasteiger partial charge is 0.317 e. The predicted octanol–water partition coefficient (Wildman–Crippen LogP) is 0.971. The van der Waals surface area contributed by atoms with Gasteiger partial charge in [0.25, 0.3) is 0 Å². The molecule has 106 valence electrons. The summed E-state index contributed by atoms with van der Waals surface area (Å²) in [7, 11) is 1.58. The maximum absolute atomic E-state index is 10.8. The average molecular weight is 267 g/mol. The van der Waals surface area contributed by atoms with E-state index < -0.39 is 12.1 Å². The summed E-state index contributed by atoms with van der Waals surface area (Å²) in [6, 6.07) is 9.62. The van der Waals surface area contributed by atoms with Crippen molar-refractivity contribution in [3.05, 3.63) is 35.9 Å². The number of carboxylic acids is 1. The average Bonchev–Trinajstić information content (AvgIpc) is 2.36. The van der Waals surface area contributed by atoms with Gasteiger partial charge in [0.1, 0.15) is 0 Å². The van der Waals surface area contributed by atoms with Gasteiger partial charge in [0.05, 0.1) is 12.6 Å². The number of hydrogen-bond acceptors (Lipinski definition) is 4. The fraction of sp³-hybridized carbons (Fsp3) is 0.500. The van der Waals surface area contributed by atoms with Gasteiger partial charge in [-0.2, -0.15) is 0 Å². The Bertz CT molecular complexity index is 369. The van der Waals surface area contributed by atoms with Crippen LogP contribution >= 0.6 is 0 Å². The molecule has 2 N–H and O–H groups in total. The van der Waals surface area contributed by atoms with Crippen LogP contribution in [0, 0.1) is 0 Å². The standard InChI is InChI=1S/C14H21NO4/c1-19-8-7-13(16)10-15(11-14(17)18)9-12-5-3-2-4-6-12/h2-6,13,16H,7-11H2,1H3,(H,17,18). The summed E-state index contributed by atoms with van der Waals surface area (Å²) in [5, 5.41) is 18.7. The van der Waals surface area contributed by atoms with E-state index in [-0.39, 0.29) is 6.54 Å². The highest BCUT2D eigenvalue weighted by Gasteiger charge is 2.15. The predicted molar refractivity (Wildman–Crippen MR) is 71.9 cm³/mol. The molecule has 0 aliphatic heterocycles. The number of carboxylic acid groups (broad SMARTS) is 1. The van der Waals surface area contributed by atoms with Gasteiger partial charge in [0.15, 0.2) is 0 Å². The minimum absolute atomic E-state index is 0.0844. The number of benzene rings is 1. The van der Waals surface area contributed by atoms with Crippen molar-refractivity contribution in [3.63, 3.8) is 0 Å². The number of hydrogen-bond donors (Lipinski definition) is 2. The number of ether oxygens (including phenoxy) is 1. The van der Waals surface area contributed by atoms with E-state index in [1.807, 2.05) is 30.3 Å². The van der Waals surface area contributed by atoms with Crippen LogP contribution in [0.4, 0.5) is 0 Å². The van der Waals surface area contributed by atoms with E-state index in [2.05, 4.69) is 0 Å². The molecule has 1 unspecified atom stereocenters. The lowest BCUT2D eigenvalue weighted by Gasteiger charge is -2.23. The molecule has 0 amide bonds. The van der Waals surface area contributed by atoms with E-state index in [0.717, 1.165) is 5.56 Å². The molecule has 0 heterocycles. The molecular formula is C14H21NO4. The van der Waals surface area contributed by atoms with E-state index >= 15 is 0 Å². The molecule has 1 aromatic carbocycles. The number of nitrogens with zero attached hydrogens (tertiary/aromatic N) is 1. The Hall–Kier alpha value is -1.43. The monoisotopic (exact) mass is 267 g/mol. The third-order valence-electron chi connectivity index (χ3n) is 2.73. The molecule has 0 spiro atoms. The van der Waals surface area contributed by atoms with E-state index in [1.165, 1.54) is 0 Å². The second-order valence-electron chi connectivity index (χ2n) is 4.48. The molecular weight excluding hydrogens is 246 g/mol. The Morgan fingerprint density at radius 2 is 2.05 bits per heavy atom. The van der Waals surface area contributed by atoms with Gasteiger partial charge in [0.2, 0.25) is 0 Å². The largest absolute Gasteiger partial charge is 0.480 e. The zero-order valence-corrected chi connectivity index (χ0v) is 11.2. The van der Waals surface area contributed by atoms with Crippen molar-refractivity contribution in [1.82, 2.24) is 4.90 Å². The lowest BCUT2D eigenvalue weighted by molar-refractivity contribution is -0.138. The van der Waals surface area contributed by atoms with Crippen LogP contribution in [0.15, 0.2) is 30.3 Å². The van der Waals surface area contributed by atoms with Crippen LogP contribution in [-0.4, -0.2) is 54.0 Å². The van der Waals surface area contributed by atoms with Crippen molar-refractivity contribution in [3.8, 4) is 0 Å². The molecule has 0 saturated carbocycles. The number of methoxy groups -OCH3 is 1. The molecule has 0 aliphatic rings. The summed E-state index contributed by atoms with van der Waals surface area (Å²) in [6.07, 6.45) is -0.0791. The fourth-order valence-electron chi connectivity index (χ4n) is 1.86. The number of aliphatic carboxylic acids is 1. The molecule has 0 aliphatic carbocycles. The van der Waals surface area contributed by atoms with Gasteiger partial charge >= 0.3 is 5.97 Å². The molecule has 1 rings (SSSR count). The summed E-state index contributed by atoms with van der Waals surface area (Å²) in [6.45, 7) is 1.22. The number of aliphatic hydroxyl groups excluding tert-OH is 1. The Kier molecular flexibility index (Phi) is 7.10. The van der Waals surface area contributed by atoms with Gasteiger partial charge < -0.3 is 14.9 Å². The van der Waals surface area contributed by atoms with Gasteiger partial charge in [-0.05, 0) is 12.0 Å². The normalized spacial score (nSPS) is 12.6. The second kappa shape index (κ2) is 8.63. The summed E-state index contributed by atoms with van der Waals surface area (Å²) in [4.78, 5) is 12.6. The zero-order valence-electron chi connectivity index (χ0n) is 11.2. The Morgan fingerprint density at radius 1 is 1.37 bits per heavy atom. The third kappa shape index (κ3) is 6.91. The highest BCUT2D eigenvalue weighted by atomic mass is 16.5. The molecule has 1 atom stereocenters. The van der Waals surface area contributed by atoms with Crippen LogP contribution in [-0.2, 0) is 16.1 Å². The molecule has 0 aromatic heterocycles. The van der Waals surface area contributed by atoms with Crippen LogP contribution < -0.4 is 0 Å². The Morgan fingerprint density at radius 3 is 2.63 bits per heavy atom. The number of aliphatic hydroxyl groups is 1. The van der Waals surface area contributed by atoms with E-state index in [9.17, 15) is 9.90 Å². The van der Waals surface area contributed by atoms with Crippen LogP contribution in [0.3, 0.4) is 0 Å². The molecule has 0 saturated heterocycles. The van der Waals surface area contributed by atoms with Crippen LogP contribution in [0.5, 0.6) is 0 Å². The topological polar surface area (TPSA) is 70.0 Å². The molecule has 5 heteroatoms. The van der Waals surface area contributed by atoms with Crippen molar-refractivity contribution in [1.29, 1.82) is 0 Å². The molecule has 1 aromatic rings. The maximum Gasteiger partial charge on any atom is 0.317 e. The van der Waals surface area contributed by atoms with Crippen molar-refractivity contribution in [2.24, 2.45) is 0 Å². The molecule has 5 nitrogen and oxygen atoms in total. The first-order chi connectivity index (χ1) is 9.11. The Labute approximate surface area is 113 Å². The summed E-state index contributed by atoms with van der Waals surface area (Å²) in [5.74, 6) is -0.894. The van der Waals surface area contributed by atoms with Crippen LogP contribution in [0.1, 0.15) is 12.0 Å². The lowest BCUT2D eigenvalue weighted by Crippen LogP contribution is -2.36. The zero-order chi connectivity index (χ0) is 14.1. The number of rotatable bonds is 9. The van der Waals surface area contributed by atoms with E-state index in [4.69, 9.17) is 9.84 Å². The van der Waals surface area contributed by atoms with Gasteiger partial charge in [0, 0.05) is 26.8 Å². The highest BCUT2D eigenvalue weighted by Crippen LogP contribution is 2.06. The highest BCUT2D eigenvalue weighted by molar-refractivity contribution is 5.69. The lowest BCUT2D eigenvalue weighted by atomic mass is 10.2. The minimum atomic E-state index is -0.894. The van der Waals surface area contributed by atoms with E-state index in [0.29, 0.717) is 26.1 Å². The summed E-state index contributed by atoms with van der Waals surface area (Å²) in [5.41, 5.74) is 1.03. The second-order valence-corrected chi connectivity index (χ2v) is 4.48. The first-order valence-electron chi connectivity index (χ1n) is 6.27. The Balaban J connectivity index is 2.54. The van der Waals surface area contributed by atoms with Crippen molar-refractivity contribution < 1.29 is 19.7 Å². The maximum atomic E-state index is 10.8. The molecule has 0 radical (unpaired) electrons. The number of carbonyl (C=O) groups is 1. The van der Waals surface area contributed by atoms with Crippen molar-refractivity contribution in [2.45, 2.75) is 19.1 Å². The molecule has 0 bridgehead atoms. The van der Waals surface area contributed by atoms with Gasteiger partial charge in [-0.25, -0.2) is 0 Å². The van der Waals surface area contributed by atoms with E-state index in [1.54, 1.807) is 12.0 Å². The van der Waals surface area contributed by atoms with Crippen molar-refractivity contribution >= 4 is 5.97 Å². The van der Waals surface area contributed by atoms with Crippen molar-refractivity contribution in [2.75, 3.05) is 26.8 Å². The van der Waals surface area contributed by atoms with Gasteiger partial charge in [-0.1, -0.05) is 30.3 Å². The quantitative estimate of drug-likeness (QED) is 0.697. The fourth-order valence-corrected chi connectivity index (χ4v) is 1.86. The summed E-state index contributed by atoms with van der Waals surface area (Å²) >= 11 is 0. The summed E-state index contributed by atoms with van der Waals surface area (Å²) < 4.78 is 4.90. The first-order valence-corrected chi connectivity index (χ1v) is 6.27. The van der Waals surface area contributed by atoms with Gasteiger partial charge in [-0.15, -0.1) is 0 Å². The third-order valence-corrected chi connectivity index (χ3v) is 2.73. The SMILES string of the molecule is COCCC(O)CN(CC(=O)O)Cc1ccccc1. The first kappa shape index (κ1) is 15.6.